The Labute approximate surface area is 90.4 Å². The molecule has 85 valence electrons. The monoisotopic (exact) mass is 230 g/mol. The van der Waals surface area contributed by atoms with Crippen molar-refractivity contribution in [1.29, 1.82) is 0 Å². The van der Waals surface area contributed by atoms with Gasteiger partial charge in [0, 0.05) is 19.7 Å². The van der Waals surface area contributed by atoms with Crippen molar-refractivity contribution in [2.45, 2.75) is 31.3 Å². The topological polar surface area (TPSA) is 64.8 Å². The van der Waals surface area contributed by atoms with Gasteiger partial charge in [-0.05, 0) is 6.42 Å². The predicted octanol–water partition coefficient (Wildman–Crippen LogP) is 0.961. The lowest BCUT2D eigenvalue weighted by Crippen LogP contribution is -2.07. The highest BCUT2D eigenvalue weighted by molar-refractivity contribution is 7.90. The van der Waals surface area contributed by atoms with E-state index in [0.717, 1.165) is 25.5 Å². The Balaban J connectivity index is 2.81. The van der Waals surface area contributed by atoms with Gasteiger partial charge in [0.25, 0.3) is 0 Å². The first-order chi connectivity index (χ1) is 6.96. The smallest absolute Gasteiger partial charge is 0.249 e. The summed E-state index contributed by atoms with van der Waals surface area (Å²) in [5.74, 6) is 0.615. The average Bonchev–Trinajstić information content (AvgIpc) is 2.47. The molecule has 0 aliphatic carbocycles. The first kappa shape index (κ1) is 12.2. The van der Waals surface area contributed by atoms with Gasteiger partial charge in [-0.3, -0.25) is 0 Å². The summed E-state index contributed by atoms with van der Waals surface area (Å²) in [5, 5.41) is 7.51. The molecule has 0 amide bonds. The van der Waals surface area contributed by atoms with Gasteiger partial charge in [0.15, 0.2) is 0 Å². The summed E-state index contributed by atoms with van der Waals surface area (Å²) in [6.07, 6.45) is 6.11. The van der Waals surface area contributed by atoms with Crippen LogP contribution >= 0.6 is 0 Å². The summed E-state index contributed by atoms with van der Waals surface area (Å²) in [4.78, 5) is 0. The first-order valence-corrected chi connectivity index (χ1v) is 6.78. The molecule has 0 atom stereocenters. The first-order valence-electron chi connectivity index (χ1n) is 4.89. The van der Waals surface area contributed by atoms with Gasteiger partial charge in [-0.1, -0.05) is 19.8 Å². The van der Waals surface area contributed by atoms with Crippen LogP contribution in [0, 0.1) is 6.42 Å². The number of unbranched alkanes of at least 4 members (excludes halogenated alkanes) is 2. The highest BCUT2D eigenvalue weighted by atomic mass is 32.2. The Morgan fingerprint density at radius 3 is 2.53 bits per heavy atom. The molecule has 6 heteroatoms. The van der Waals surface area contributed by atoms with Gasteiger partial charge in [-0.25, -0.2) is 8.42 Å². The van der Waals surface area contributed by atoms with Gasteiger partial charge in [0.05, 0.1) is 0 Å². The van der Waals surface area contributed by atoms with Crippen LogP contribution in [0.2, 0.25) is 0 Å². The predicted molar refractivity (Wildman–Crippen MR) is 57.0 cm³/mol. The van der Waals surface area contributed by atoms with Crippen molar-refractivity contribution < 1.29 is 8.42 Å². The quantitative estimate of drug-likeness (QED) is 0.707. The van der Waals surface area contributed by atoms with Crippen LogP contribution in [0.4, 0.5) is 0 Å². The maximum absolute atomic E-state index is 11.3. The maximum atomic E-state index is 11.3. The standard InChI is InChI=1S/C9H16N3O2S/c1-4-5-6-7-8-10-11-9(12(8)2)15(3,13)14/h7H,4-6H2,1-3H3. The number of aromatic nitrogens is 3. The lowest BCUT2D eigenvalue weighted by Gasteiger charge is -2.01. The molecule has 15 heavy (non-hydrogen) atoms. The van der Waals surface area contributed by atoms with Crippen molar-refractivity contribution >= 4 is 9.84 Å². The van der Waals surface area contributed by atoms with Crippen LogP contribution in [0.15, 0.2) is 5.16 Å². The van der Waals surface area contributed by atoms with E-state index in [4.69, 9.17) is 0 Å². The van der Waals surface area contributed by atoms with E-state index < -0.39 is 9.84 Å². The van der Waals surface area contributed by atoms with Crippen LogP contribution in [0.5, 0.6) is 0 Å². The van der Waals surface area contributed by atoms with Gasteiger partial charge in [0.1, 0.15) is 5.82 Å². The summed E-state index contributed by atoms with van der Waals surface area (Å²) in [7, 11) is -1.61. The van der Waals surface area contributed by atoms with E-state index in [-0.39, 0.29) is 5.16 Å². The van der Waals surface area contributed by atoms with E-state index in [1.165, 1.54) is 4.57 Å². The fourth-order valence-electron chi connectivity index (χ4n) is 1.26. The fraction of sp³-hybridized carbons (Fsp3) is 0.667. The minimum Gasteiger partial charge on any atom is -0.305 e. The molecule has 5 nitrogen and oxygen atoms in total. The second-order valence-corrected chi connectivity index (χ2v) is 5.43. The second kappa shape index (κ2) is 4.74. The van der Waals surface area contributed by atoms with Gasteiger partial charge in [-0.2, -0.15) is 0 Å². The van der Waals surface area contributed by atoms with Crippen LogP contribution in [-0.2, 0) is 16.9 Å². The van der Waals surface area contributed by atoms with Crippen LogP contribution < -0.4 is 0 Å². The maximum Gasteiger partial charge on any atom is 0.249 e. The summed E-state index contributed by atoms with van der Waals surface area (Å²) >= 11 is 0. The Morgan fingerprint density at radius 1 is 1.40 bits per heavy atom. The summed E-state index contributed by atoms with van der Waals surface area (Å²) in [6.45, 7) is 2.10. The van der Waals surface area contributed by atoms with Crippen LogP contribution in [0.1, 0.15) is 32.0 Å². The normalized spacial score (nSPS) is 11.9. The summed E-state index contributed by atoms with van der Waals surface area (Å²) in [5.41, 5.74) is 0. The van der Waals surface area contributed by atoms with E-state index in [0.29, 0.717) is 5.82 Å². The third-order valence-electron chi connectivity index (χ3n) is 2.08. The molecular weight excluding hydrogens is 214 g/mol. The zero-order valence-electron chi connectivity index (χ0n) is 9.27. The van der Waals surface area contributed by atoms with E-state index in [9.17, 15) is 8.42 Å². The van der Waals surface area contributed by atoms with Crippen molar-refractivity contribution in [2.75, 3.05) is 6.26 Å². The molecule has 1 radical (unpaired) electrons. The number of hydrogen-bond acceptors (Lipinski definition) is 4. The number of nitrogens with zero attached hydrogens (tertiary/aromatic N) is 3. The zero-order chi connectivity index (χ0) is 11.5. The number of hydrogen-bond donors (Lipinski definition) is 0. The van der Waals surface area contributed by atoms with Gasteiger partial charge in [0.2, 0.25) is 15.0 Å². The van der Waals surface area contributed by atoms with E-state index >= 15 is 0 Å². The van der Waals surface area contributed by atoms with Crippen molar-refractivity contribution in [1.82, 2.24) is 14.8 Å². The van der Waals surface area contributed by atoms with Crippen molar-refractivity contribution in [3.63, 3.8) is 0 Å². The molecule has 1 heterocycles. The Kier molecular flexibility index (Phi) is 3.84. The van der Waals surface area contributed by atoms with E-state index in [1.54, 1.807) is 7.05 Å². The molecule has 0 fully saturated rings. The second-order valence-electron chi connectivity index (χ2n) is 3.52. The molecule has 0 spiro atoms. The number of rotatable bonds is 5. The Hall–Kier alpha value is -0.910. The molecule has 1 rings (SSSR count). The average molecular weight is 230 g/mol. The lowest BCUT2D eigenvalue weighted by molar-refractivity contribution is 0.583. The van der Waals surface area contributed by atoms with Crippen LogP contribution in [0.3, 0.4) is 0 Å². The molecule has 1 aromatic heterocycles. The molecule has 0 saturated carbocycles. The minimum absolute atomic E-state index is 0.0187. The fourth-order valence-corrected chi connectivity index (χ4v) is 2.04. The van der Waals surface area contributed by atoms with Gasteiger partial charge < -0.3 is 4.57 Å². The van der Waals surface area contributed by atoms with Crippen LogP contribution in [0.25, 0.3) is 0 Å². The highest BCUT2D eigenvalue weighted by Crippen LogP contribution is 2.10. The van der Waals surface area contributed by atoms with E-state index in [1.807, 2.05) is 6.42 Å². The molecule has 0 aromatic carbocycles. The lowest BCUT2D eigenvalue weighted by atomic mass is 10.2. The van der Waals surface area contributed by atoms with Crippen molar-refractivity contribution in [2.24, 2.45) is 7.05 Å². The molecule has 0 saturated heterocycles. The molecule has 0 bridgehead atoms. The molecule has 0 N–H and O–H groups in total. The molecule has 0 unspecified atom stereocenters. The van der Waals surface area contributed by atoms with Crippen LogP contribution in [-0.4, -0.2) is 29.4 Å². The Morgan fingerprint density at radius 2 is 2.07 bits per heavy atom. The third-order valence-corrected chi connectivity index (χ3v) is 3.10. The summed E-state index contributed by atoms with van der Waals surface area (Å²) < 4.78 is 24.0. The van der Waals surface area contributed by atoms with Gasteiger partial charge >= 0.3 is 0 Å². The molecule has 0 aliphatic rings. The van der Waals surface area contributed by atoms with E-state index in [2.05, 4.69) is 17.1 Å². The van der Waals surface area contributed by atoms with Crippen molar-refractivity contribution in [3.8, 4) is 0 Å². The summed E-state index contributed by atoms with van der Waals surface area (Å²) in [6, 6.07) is 0. The van der Waals surface area contributed by atoms with Crippen molar-refractivity contribution in [3.05, 3.63) is 12.2 Å². The minimum atomic E-state index is -3.27. The molecular formula is C9H16N3O2S. The SMILES string of the molecule is CCCC[CH]c1nnc(S(C)(=O)=O)n1C. The van der Waals surface area contributed by atoms with Gasteiger partial charge in [-0.15, -0.1) is 10.2 Å². The highest BCUT2D eigenvalue weighted by Gasteiger charge is 2.17. The number of sulfone groups is 1. The zero-order valence-corrected chi connectivity index (χ0v) is 10.1. The largest absolute Gasteiger partial charge is 0.305 e. The Bertz CT molecular complexity index is 423. The molecule has 0 aliphatic heterocycles. The molecule has 1 aromatic rings. The third kappa shape index (κ3) is 3.02.